The molecular weight excluding hydrogens is 198 g/mol. The van der Waals surface area contributed by atoms with Crippen molar-refractivity contribution in [3.63, 3.8) is 0 Å². The van der Waals surface area contributed by atoms with E-state index < -0.39 is 0 Å². The van der Waals surface area contributed by atoms with E-state index in [9.17, 15) is 5.11 Å². The van der Waals surface area contributed by atoms with Crippen LogP contribution in [0.2, 0.25) is 0 Å². The zero-order chi connectivity index (χ0) is 11.3. The summed E-state index contributed by atoms with van der Waals surface area (Å²) in [4.78, 5) is 4.47. The van der Waals surface area contributed by atoms with Crippen LogP contribution in [0.1, 0.15) is 5.56 Å². The lowest BCUT2D eigenvalue weighted by Gasteiger charge is -2.11. The van der Waals surface area contributed by atoms with Crippen molar-refractivity contribution in [2.45, 2.75) is 6.42 Å². The van der Waals surface area contributed by atoms with Crippen molar-refractivity contribution in [2.75, 3.05) is 20.8 Å². The van der Waals surface area contributed by atoms with Gasteiger partial charge in [0.05, 0.1) is 20.8 Å². The van der Waals surface area contributed by atoms with Gasteiger partial charge in [-0.15, -0.1) is 0 Å². The Morgan fingerprint density at radius 1 is 1.20 bits per heavy atom. The number of benzene rings is 1. The highest BCUT2D eigenvalue weighted by molar-refractivity contribution is 5.49. The van der Waals surface area contributed by atoms with E-state index in [1.165, 1.54) is 7.11 Å². The zero-order valence-corrected chi connectivity index (χ0v) is 8.82. The number of rotatable bonds is 5. The molecule has 0 atom stereocenters. The lowest BCUT2D eigenvalue weighted by atomic mass is 10.1. The molecule has 1 aromatic carbocycles. The fourth-order valence-electron chi connectivity index (χ4n) is 1.31. The van der Waals surface area contributed by atoms with Gasteiger partial charge in [-0.2, -0.15) is 0 Å². The summed E-state index contributed by atoms with van der Waals surface area (Å²) >= 11 is 0. The van der Waals surface area contributed by atoms with Crippen LogP contribution < -0.4 is 15.4 Å². The molecule has 1 aromatic rings. The van der Waals surface area contributed by atoms with Gasteiger partial charge in [-0.1, -0.05) is 0 Å². The maximum Gasteiger partial charge on any atom is 0.164 e. The standard InChI is InChI=1S/C10H15NO4/c1-13-9-6-10(14-2)8(12)5-7(9)3-4-15-11/h5-6,12H,3-4,11H2,1-2H3. The summed E-state index contributed by atoms with van der Waals surface area (Å²) in [5.41, 5.74) is 0.821. The third kappa shape index (κ3) is 2.74. The van der Waals surface area contributed by atoms with Gasteiger partial charge in [0, 0.05) is 18.1 Å². The van der Waals surface area contributed by atoms with Gasteiger partial charge in [0.2, 0.25) is 0 Å². The first-order chi connectivity index (χ1) is 7.22. The van der Waals surface area contributed by atoms with Crippen molar-refractivity contribution >= 4 is 0 Å². The van der Waals surface area contributed by atoms with E-state index in [4.69, 9.17) is 15.4 Å². The molecule has 0 amide bonds. The largest absolute Gasteiger partial charge is 0.504 e. The summed E-state index contributed by atoms with van der Waals surface area (Å²) in [6.07, 6.45) is 0.567. The van der Waals surface area contributed by atoms with Crippen molar-refractivity contribution < 1.29 is 19.4 Å². The van der Waals surface area contributed by atoms with Crippen LogP contribution in [0.15, 0.2) is 12.1 Å². The quantitative estimate of drug-likeness (QED) is 0.709. The molecule has 5 heteroatoms. The van der Waals surface area contributed by atoms with Gasteiger partial charge in [-0.3, -0.25) is 0 Å². The van der Waals surface area contributed by atoms with E-state index in [1.54, 1.807) is 19.2 Å². The first kappa shape index (κ1) is 11.6. The fraction of sp³-hybridized carbons (Fsp3) is 0.400. The molecule has 0 aliphatic rings. The summed E-state index contributed by atoms with van der Waals surface area (Å²) in [5, 5.41) is 9.56. The minimum atomic E-state index is 0.0744. The van der Waals surface area contributed by atoms with E-state index >= 15 is 0 Å². The number of phenolic OH excluding ortho intramolecular Hbond substituents is 1. The number of nitrogens with two attached hydrogens (primary N) is 1. The second-order valence-corrected chi connectivity index (χ2v) is 2.96. The second-order valence-electron chi connectivity index (χ2n) is 2.96. The average Bonchev–Trinajstić information content (AvgIpc) is 2.26. The Balaban J connectivity index is 2.98. The van der Waals surface area contributed by atoms with Crippen molar-refractivity contribution in [3.8, 4) is 17.2 Å². The average molecular weight is 213 g/mol. The Bertz CT molecular complexity index is 327. The Kier molecular flexibility index (Phi) is 4.20. The van der Waals surface area contributed by atoms with Crippen molar-refractivity contribution in [2.24, 2.45) is 5.90 Å². The summed E-state index contributed by atoms with van der Waals surface area (Å²) in [6.45, 7) is 0.363. The molecule has 0 spiro atoms. The topological polar surface area (TPSA) is 73.9 Å². The molecule has 0 bridgehead atoms. The molecule has 0 aliphatic heterocycles. The number of aromatic hydroxyl groups is 1. The smallest absolute Gasteiger partial charge is 0.164 e. The molecule has 3 N–H and O–H groups in total. The third-order valence-electron chi connectivity index (χ3n) is 2.07. The third-order valence-corrected chi connectivity index (χ3v) is 2.07. The molecule has 0 aromatic heterocycles. The molecule has 0 saturated heterocycles. The van der Waals surface area contributed by atoms with Crippen LogP contribution in [0.4, 0.5) is 0 Å². The molecule has 0 radical (unpaired) electrons. The molecule has 0 fully saturated rings. The van der Waals surface area contributed by atoms with E-state index in [2.05, 4.69) is 4.84 Å². The molecule has 0 unspecified atom stereocenters. The normalized spacial score (nSPS) is 10.1. The Morgan fingerprint density at radius 2 is 1.87 bits per heavy atom. The molecule has 0 saturated carbocycles. The molecular formula is C10H15NO4. The number of methoxy groups -OCH3 is 2. The van der Waals surface area contributed by atoms with Crippen LogP contribution in [0.5, 0.6) is 17.2 Å². The van der Waals surface area contributed by atoms with Gasteiger partial charge in [0.15, 0.2) is 11.5 Å². The molecule has 1 rings (SSSR count). The fourth-order valence-corrected chi connectivity index (χ4v) is 1.31. The maximum absolute atomic E-state index is 9.56. The van der Waals surface area contributed by atoms with Gasteiger partial charge >= 0.3 is 0 Å². The number of phenols is 1. The molecule has 0 aliphatic carbocycles. The van der Waals surface area contributed by atoms with Gasteiger partial charge in [-0.25, -0.2) is 5.90 Å². The zero-order valence-electron chi connectivity index (χ0n) is 8.82. The number of ether oxygens (including phenoxy) is 2. The maximum atomic E-state index is 9.56. The van der Waals surface area contributed by atoms with Crippen LogP contribution in [0.3, 0.4) is 0 Å². The van der Waals surface area contributed by atoms with Crippen LogP contribution >= 0.6 is 0 Å². The second kappa shape index (κ2) is 5.43. The van der Waals surface area contributed by atoms with Crippen molar-refractivity contribution in [1.29, 1.82) is 0 Å². The van der Waals surface area contributed by atoms with Crippen LogP contribution in [-0.2, 0) is 11.3 Å². The van der Waals surface area contributed by atoms with E-state index in [0.29, 0.717) is 24.5 Å². The van der Waals surface area contributed by atoms with E-state index in [0.717, 1.165) is 5.56 Å². The van der Waals surface area contributed by atoms with Crippen molar-refractivity contribution in [1.82, 2.24) is 0 Å². The summed E-state index contributed by atoms with van der Waals surface area (Å²) in [7, 11) is 3.04. The molecule has 84 valence electrons. The van der Waals surface area contributed by atoms with E-state index in [-0.39, 0.29) is 5.75 Å². The Labute approximate surface area is 88.3 Å². The molecule has 15 heavy (non-hydrogen) atoms. The van der Waals surface area contributed by atoms with E-state index in [1.807, 2.05) is 0 Å². The number of hydrogen-bond acceptors (Lipinski definition) is 5. The predicted octanol–water partition coefficient (Wildman–Crippen LogP) is 0.842. The number of hydrogen-bond donors (Lipinski definition) is 2. The SMILES string of the molecule is COc1cc(OC)c(CCON)cc1O. The summed E-state index contributed by atoms with van der Waals surface area (Å²) in [5.74, 6) is 6.03. The highest BCUT2D eigenvalue weighted by Gasteiger charge is 2.09. The summed E-state index contributed by atoms with van der Waals surface area (Å²) in [6, 6.07) is 3.21. The van der Waals surface area contributed by atoms with Crippen LogP contribution in [0.25, 0.3) is 0 Å². The van der Waals surface area contributed by atoms with Gasteiger partial charge in [0.25, 0.3) is 0 Å². The first-order valence-electron chi connectivity index (χ1n) is 4.48. The highest BCUT2D eigenvalue weighted by Crippen LogP contribution is 2.33. The lowest BCUT2D eigenvalue weighted by molar-refractivity contribution is 0.140. The van der Waals surface area contributed by atoms with Gasteiger partial charge in [-0.05, 0) is 6.07 Å². The minimum absolute atomic E-state index is 0.0744. The monoisotopic (exact) mass is 213 g/mol. The van der Waals surface area contributed by atoms with Crippen LogP contribution in [0, 0.1) is 0 Å². The Hall–Kier alpha value is -1.46. The predicted molar refractivity (Wildman–Crippen MR) is 55.1 cm³/mol. The van der Waals surface area contributed by atoms with Crippen LogP contribution in [-0.4, -0.2) is 25.9 Å². The van der Waals surface area contributed by atoms with Gasteiger partial charge in [0.1, 0.15) is 5.75 Å². The summed E-state index contributed by atoms with van der Waals surface area (Å²) < 4.78 is 10.1. The highest BCUT2D eigenvalue weighted by atomic mass is 16.6. The first-order valence-corrected chi connectivity index (χ1v) is 4.48. The minimum Gasteiger partial charge on any atom is -0.504 e. The molecule has 5 nitrogen and oxygen atoms in total. The van der Waals surface area contributed by atoms with Crippen molar-refractivity contribution in [3.05, 3.63) is 17.7 Å². The Morgan fingerprint density at radius 3 is 2.40 bits per heavy atom. The van der Waals surface area contributed by atoms with Gasteiger partial charge < -0.3 is 19.4 Å². The lowest BCUT2D eigenvalue weighted by Crippen LogP contribution is -2.05. The molecule has 0 heterocycles.